The van der Waals surface area contributed by atoms with E-state index in [9.17, 15) is 8.78 Å². The lowest BCUT2D eigenvalue weighted by Crippen LogP contribution is -2.15. The molecule has 1 aromatic rings. The van der Waals surface area contributed by atoms with Gasteiger partial charge in [-0.3, -0.25) is 0 Å². The van der Waals surface area contributed by atoms with Gasteiger partial charge in [0, 0.05) is 31.1 Å². The molecule has 0 bridgehead atoms. The molecule has 0 spiro atoms. The van der Waals surface area contributed by atoms with Gasteiger partial charge < -0.3 is 10.5 Å². The molecule has 1 rings (SSSR count). The molecule has 0 saturated heterocycles. The Morgan fingerprint density at radius 2 is 2.18 bits per heavy atom. The lowest BCUT2D eigenvalue weighted by molar-refractivity contribution is 0.200. The fourth-order valence-electron chi connectivity index (χ4n) is 1.40. The molecule has 1 atom stereocenters. The second-order valence-corrected chi connectivity index (χ2v) is 4.84. The van der Waals surface area contributed by atoms with Crippen molar-refractivity contribution in [2.75, 3.05) is 25.2 Å². The van der Waals surface area contributed by atoms with Gasteiger partial charge in [-0.05, 0) is 30.4 Å². The van der Waals surface area contributed by atoms with Crippen LogP contribution in [0.4, 0.5) is 8.78 Å². The van der Waals surface area contributed by atoms with Crippen molar-refractivity contribution in [2.45, 2.75) is 12.5 Å². The summed E-state index contributed by atoms with van der Waals surface area (Å²) in [6.45, 7) is 0.705. The number of methoxy groups -OCH3 is 1. The molecule has 1 unspecified atom stereocenters. The smallest absolute Gasteiger partial charge is 0.128 e. The Balaban J connectivity index is 2.41. The standard InChI is InChI=1S/C12H17F2NOS/c1-16-5-2-6-17-8-12(15)10-7-9(13)3-4-11(10)14/h3-4,7,12H,2,5-6,8,15H2,1H3. The van der Waals surface area contributed by atoms with E-state index in [1.165, 1.54) is 0 Å². The highest BCUT2D eigenvalue weighted by Gasteiger charge is 2.12. The summed E-state index contributed by atoms with van der Waals surface area (Å²) in [7, 11) is 1.65. The normalized spacial score (nSPS) is 12.7. The van der Waals surface area contributed by atoms with Crippen LogP contribution in [0.25, 0.3) is 0 Å². The molecular weight excluding hydrogens is 244 g/mol. The minimum absolute atomic E-state index is 0.240. The van der Waals surface area contributed by atoms with Crippen LogP contribution >= 0.6 is 11.8 Å². The monoisotopic (exact) mass is 261 g/mol. The Morgan fingerprint density at radius 1 is 1.41 bits per heavy atom. The number of benzene rings is 1. The molecule has 0 saturated carbocycles. The largest absolute Gasteiger partial charge is 0.385 e. The molecule has 17 heavy (non-hydrogen) atoms. The van der Waals surface area contributed by atoms with Crippen LogP contribution in [-0.2, 0) is 4.74 Å². The highest BCUT2D eigenvalue weighted by molar-refractivity contribution is 7.99. The molecule has 0 amide bonds. The fraction of sp³-hybridized carbons (Fsp3) is 0.500. The van der Waals surface area contributed by atoms with Gasteiger partial charge in [0.2, 0.25) is 0 Å². The minimum atomic E-state index is -0.474. The van der Waals surface area contributed by atoms with E-state index in [1.54, 1.807) is 18.9 Å². The van der Waals surface area contributed by atoms with Gasteiger partial charge in [0.05, 0.1) is 0 Å². The topological polar surface area (TPSA) is 35.2 Å². The summed E-state index contributed by atoms with van der Waals surface area (Å²) in [5, 5.41) is 0. The Morgan fingerprint density at radius 3 is 2.88 bits per heavy atom. The van der Waals surface area contributed by atoms with Crippen LogP contribution in [0.3, 0.4) is 0 Å². The molecule has 0 fully saturated rings. The molecule has 0 aliphatic carbocycles. The van der Waals surface area contributed by atoms with Crippen LogP contribution in [-0.4, -0.2) is 25.2 Å². The maximum atomic E-state index is 13.4. The number of hydrogen-bond acceptors (Lipinski definition) is 3. The first-order chi connectivity index (χ1) is 8.15. The summed E-state index contributed by atoms with van der Waals surface area (Å²) in [5.41, 5.74) is 6.06. The van der Waals surface area contributed by atoms with E-state index in [2.05, 4.69) is 0 Å². The number of rotatable bonds is 7. The molecule has 0 aromatic heterocycles. The van der Waals surface area contributed by atoms with Crippen molar-refractivity contribution in [1.29, 1.82) is 0 Å². The Hall–Kier alpha value is -0.650. The first kappa shape index (κ1) is 14.4. The molecule has 2 nitrogen and oxygen atoms in total. The zero-order chi connectivity index (χ0) is 12.7. The first-order valence-electron chi connectivity index (χ1n) is 5.42. The average molecular weight is 261 g/mol. The Labute approximate surface area is 105 Å². The maximum Gasteiger partial charge on any atom is 0.128 e. The van der Waals surface area contributed by atoms with Crippen molar-refractivity contribution < 1.29 is 13.5 Å². The van der Waals surface area contributed by atoms with Crippen LogP contribution in [0.2, 0.25) is 0 Å². The molecule has 0 aliphatic heterocycles. The quantitative estimate of drug-likeness (QED) is 0.767. The first-order valence-corrected chi connectivity index (χ1v) is 6.58. The summed E-state index contributed by atoms with van der Waals surface area (Å²) >= 11 is 1.62. The zero-order valence-corrected chi connectivity index (χ0v) is 10.6. The van der Waals surface area contributed by atoms with Crippen molar-refractivity contribution in [2.24, 2.45) is 5.73 Å². The zero-order valence-electron chi connectivity index (χ0n) is 9.79. The number of thioether (sulfide) groups is 1. The number of nitrogens with two attached hydrogens (primary N) is 1. The summed E-state index contributed by atoms with van der Waals surface area (Å²) in [5.74, 6) is 0.570. The van der Waals surface area contributed by atoms with Gasteiger partial charge in [0.1, 0.15) is 11.6 Å². The van der Waals surface area contributed by atoms with Gasteiger partial charge in [-0.25, -0.2) is 8.78 Å². The molecule has 0 heterocycles. The second kappa shape index (κ2) is 7.63. The van der Waals surface area contributed by atoms with Crippen molar-refractivity contribution in [3.05, 3.63) is 35.4 Å². The Bertz CT molecular complexity index is 349. The van der Waals surface area contributed by atoms with Crippen LogP contribution in [0.15, 0.2) is 18.2 Å². The van der Waals surface area contributed by atoms with E-state index in [1.807, 2.05) is 0 Å². The van der Waals surface area contributed by atoms with Gasteiger partial charge in [-0.15, -0.1) is 0 Å². The summed E-state index contributed by atoms with van der Waals surface area (Å²) in [6, 6.07) is 2.89. The molecule has 1 aromatic carbocycles. The average Bonchev–Trinajstić information content (AvgIpc) is 2.32. The van der Waals surface area contributed by atoms with Gasteiger partial charge in [0.25, 0.3) is 0 Å². The highest BCUT2D eigenvalue weighted by atomic mass is 32.2. The SMILES string of the molecule is COCCCSCC(N)c1cc(F)ccc1F. The van der Waals surface area contributed by atoms with Gasteiger partial charge in [-0.1, -0.05) is 0 Å². The van der Waals surface area contributed by atoms with Gasteiger partial charge in [-0.2, -0.15) is 11.8 Å². The third-order valence-electron chi connectivity index (χ3n) is 2.29. The molecule has 0 aliphatic rings. The third-order valence-corrected chi connectivity index (χ3v) is 3.46. The third kappa shape index (κ3) is 5.02. The van der Waals surface area contributed by atoms with Gasteiger partial charge >= 0.3 is 0 Å². The van der Waals surface area contributed by atoms with Crippen molar-refractivity contribution in [3.8, 4) is 0 Å². The number of hydrogen-bond donors (Lipinski definition) is 1. The van der Waals surface area contributed by atoms with Crippen molar-refractivity contribution in [1.82, 2.24) is 0 Å². The second-order valence-electron chi connectivity index (χ2n) is 3.69. The predicted molar refractivity (Wildman–Crippen MR) is 67.1 cm³/mol. The molecule has 0 radical (unpaired) electrons. The minimum Gasteiger partial charge on any atom is -0.385 e. The van der Waals surface area contributed by atoms with Crippen LogP contribution < -0.4 is 5.73 Å². The summed E-state index contributed by atoms with van der Waals surface area (Å²) in [6.07, 6.45) is 0.930. The number of halogens is 2. The molecular formula is C12H17F2NOS. The van der Waals surface area contributed by atoms with E-state index < -0.39 is 17.7 Å². The molecule has 2 N–H and O–H groups in total. The number of ether oxygens (including phenoxy) is 1. The van der Waals surface area contributed by atoms with Crippen molar-refractivity contribution in [3.63, 3.8) is 0 Å². The lowest BCUT2D eigenvalue weighted by Gasteiger charge is -2.12. The fourth-order valence-corrected chi connectivity index (χ4v) is 2.33. The molecule has 96 valence electrons. The van der Waals surface area contributed by atoms with E-state index in [0.717, 1.165) is 30.4 Å². The lowest BCUT2D eigenvalue weighted by atomic mass is 10.1. The van der Waals surface area contributed by atoms with E-state index in [4.69, 9.17) is 10.5 Å². The van der Waals surface area contributed by atoms with E-state index in [0.29, 0.717) is 12.4 Å². The van der Waals surface area contributed by atoms with Crippen LogP contribution in [0, 0.1) is 11.6 Å². The van der Waals surface area contributed by atoms with Crippen LogP contribution in [0.1, 0.15) is 18.0 Å². The predicted octanol–water partition coefficient (Wildman–Crippen LogP) is 2.73. The van der Waals surface area contributed by atoms with Gasteiger partial charge in [0.15, 0.2) is 0 Å². The summed E-state index contributed by atoms with van der Waals surface area (Å²) < 4.78 is 31.2. The van der Waals surface area contributed by atoms with E-state index in [-0.39, 0.29) is 5.56 Å². The maximum absolute atomic E-state index is 13.4. The summed E-state index contributed by atoms with van der Waals surface area (Å²) in [4.78, 5) is 0. The highest BCUT2D eigenvalue weighted by Crippen LogP contribution is 2.20. The van der Waals surface area contributed by atoms with Crippen LogP contribution in [0.5, 0.6) is 0 Å². The molecule has 5 heteroatoms. The van der Waals surface area contributed by atoms with E-state index >= 15 is 0 Å². The Kier molecular flexibility index (Phi) is 6.47. The van der Waals surface area contributed by atoms with Crippen molar-refractivity contribution >= 4 is 11.8 Å².